The first-order chi connectivity index (χ1) is 9.25. The van der Waals surface area contributed by atoms with Crippen LogP contribution in [0.15, 0.2) is 47.3 Å². The first kappa shape index (κ1) is 12.0. The molecule has 0 spiro atoms. The summed E-state index contributed by atoms with van der Waals surface area (Å²) in [6, 6.07) is 9.70. The zero-order valence-electron chi connectivity index (χ0n) is 10.5. The number of aromatic amines is 1. The van der Waals surface area contributed by atoms with Gasteiger partial charge in [0.1, 0.15) is 0 Å². The average Bonchev–Trinajstić information content (AvgIpc) is 3.08. The number of benzene rings is 1. The maximum atomic E-state index is 12.3. The molecule has 2 heterocycles. The zero-order chi connectivity index (χ0) is 13.2. The van der Waals surface area contributed by atoms with E-state index in [4.69, 9.17) is 0 Å². The first-order valence-electron chi connectivity index (χ1n) is 6.15. The van der Waals surface area contributed by atoms with Crippen molar-refractivity contribution in [2.45, 2.75) is 13.0 Å². The van der Waals surface area contributed by atoms with Gasteiger partial charge in [-0.15, -0.1) is 0 Å². The van der Waals surface area contributed by atoms with Crippen LogP contribution in [0.2, 0.25) is 0 Å². The monoisotopic (exact) mass is 270 g/mol. The molecule has 1 amide bonds. The summed E-state index contributed by atoms with van der Waals surface area (Å²) in [5.74, 6) is -0.0381. The molecule has 3 nitrogen and oxygen atoms in total. The molecular formula is C15H14N2OS. The molecular weight excluding hydrogens is 256 g/mol. The third-order valence-corrected chi connectivity index (χ3v) is 3.93. The second-order valence-corrected chi connectivity index (χ2v) is 5.28. The highest BCUT2D eigenvalue weighted by Crippen LogP contribution is 2.20. The molecule has 3 aromatic rings. The average molecular weight is 270 g/mol. The minimum atomic E-state index is -0.0381. The molecule has 1 atom stereocenters. The van der Waals surface area contributed by atoms with E-state index in [1.165, 1.54) is 0 Å². The molecule has 96 valence electrons. The van der Waals surface area contributed by atoms with E-state index >= 15 is 0 Å². The predicted octanol–water partition coefficient (Wildman–Crippen LogP) is 3.72. The number of fused-ring (bicyclic) bond motifs is 1. The number of H-pyrrole nitrogens is 1. The van der Waals surface area contributed by atoms with Crippen molar-refractivity contribution in [3.63, 3.8) is 0 Å². The van der Waals surface area contributed by atoms with Crippen LogP contribution < -0.4 is 5.32 Å². The summed E-state index contributed by atoms with van der Waals surface area (Å²) in [6.45, 7) is 2.00. The lowest BCUT2D eigenvalue weighted by Gasteiger charge is -2.13. The second-order valence-electron chi connectivity index (χ2n) is 4.50. The summed E-state index contributed by atoms with van der Waals surface area (Å²) in [5.41, 5.74) is 2.83. The van der Waals surface area contributed by atoms with Gasteiger partial charge in [0.25, 0.3) is 5.91 Å². The van der Waals surface area contributed by atoms with Gasteiger partial charge in [-0.25, -0.2) is 0 Å². The number of carbonyl (C=O) groups excluding carboxylic acids is 1. The zero-order valence-corrected chi connectivity index (χ0v) is 11.3. The van der Waals surface area contributed by atoms with Crippen LogP contribution in [-0.4, -0.2) is 10.9 Å². The fourth-order valence-electron chi connectivity index (χ4n) is 2.16. The fraction of sp³-hybridized carbons (Fsp3) is 0.133. The molecule has 0 aliphatic carbocycles. The molecule has 0 aliphatic heterocycles. The van der Waals surface area contributed by atoms with Crippen molar-refractivity contribution in [1.29, 1.82) is 0 Å². The number of hydrogen-bond acceptors (Lipinski definition) is 2. The van der Waals surface area contributed by atoms with Crippen LogP contribution in [0.3, 0.4) is 0 Å². The maximum Gasteiger partial charge on any atom is 0.252 e. The Balaban J connectivity index is 1.86. The molecule has 0 saturated carbocycles. The number of rotatable bonds is 3. The van der Waals surface area contributed by atoms with E-state index in [1.807, 2.05) is 48.8 Å². The van der Waals surface area contributed by atoms with Crippen molar-refractivity contribution in [3.8, 4) is 0 Å². The summed E-state index contributed by atoms with van der Waals surface area (Å²) in [6.07, 6.45) is 1.85. The Morgan fingerprint density at radius 2 is 2.21 bits per heavy atom. The van der Waals surface area contributed by atoms with E-state index in [-0.39, 0.29) is 11.9 Å². The summed E-state index contributed by atoms with van der Waals surface area (Å²) >= 11 is 1.64. The van der Waals surface area contributed by atoms with Gasteiger partial charge in [-0.3, -0.25) is 4.79 Å². The Morgan fingerprint density at radius 1 is 1.32 bits per heavy atom. The molecule has 2 N–H and O–H groups in total. The lowest BCUT2D eigenvalue weighted by atomic mass is 10.1. The van der Waals surface area contributed by atoms with Crippen LogP contribution in [0.5, 0.6) is 0 Å². The van der Waals surface area contributed by atoms with Gasteiger partial charge in [0, 0.05) is 22.7 Å². The maximum absolute atomic E-state index is 12.3. The number of amides is 1. The SMILES string of the molecule is CC(NC(=O)c1cccc2[nH]ccc12)c1ccsc1. The van der Waals surface area contributed by atoms with Gasteiger partial charge in [-0.1, -0.05) is 6.07 Å². The summed E-state index contributed by atoms with van der Waals surface area (Å²) in [7, 11) is 0. The van der Waals surface area contributed by atoms with Gasteiger partial charge >= 0.3 is 0 Å². The van der Waals surface area contributed by atoms with Crippen molar-refractivity contribution in [2.75, 3.05) is 0 Å². The molecule has 0 bridgehead atoms. The second kappa shape index (κ2) is 4.90. The lowest BCUT2D eigenvalue weighted by Crippen LogP contribution is -2.26. The lowest BCUT2D eigenvalue weighted by molar-refractivity contribution is 0.0941. The van der Waals surface area contributed by atoms with E-state index in [0.29, 0.717) is 5.56 Å². The van der Waals surface area contributed by atoms with E-state index in [0.717, 1.165) is 16.5 Å². The van der Waals surface area contributed by atoms with Crippen LogP contribution >= 0.6 is 11.3 Å². The molecule has 0 saturated heterocycles. The smallest absolute Gasteiger partial charge is 0.252 e. The van der Waals surface area contributed by atoms with Gasteiger partial charge in [-0.05, 0) is 47.5 Å². The van der Waals surface area contributed by atoms with Gasteiger partial charge in [0.15, 0.2) is 0 Å². The van der Waals surface area contributed by atoms with Crippen LogP contribution in [0.4, 0.5) is 0 Å². The van der Waals surface area contributed by atoms with Gasteiger partial charge in [-0.2, -0.15) is 11.3 Å². The first-order valence-corrected chi connectivity index (χ1v) is 7.09. The molecule has 19 heavy (non-hydrogen) atoms. The molecule has 0 radical (unpaired) electrons. The Hall–Kier alpha value is -2.07. The molecule has 0 fully saturated rings. The predicted molar refractivity (Wildman–Crippen MR) is 78.5 cm³/mol. The molecule has 3 rings (SSSR count). The normalized spacial score (nSPS) is 12.5. The standard InChI is InChI=1S/C15H14N2OS/c1-10(11-6-8-19-9-11)17-15(18)13-3-2-4-14-12(13)5-7-16-14/h2-10,16H,1H3,(H,17,18). The van der Waals surface area contributed by atoms with E-state index in [9.17, 15) is 4.79 Å². The van der Waals surface area contributed by atoms with Crippen molar-refractivity contribution in [1.82, 2.24) is 10.3 Å². The third kappa shape index (κ3) is 2.27. The highest BCUT2D eigenvalue weighted by Gasteiger charge is 2.14. The largest absolute Gasteiger partial charge is 0.361 e. The number of nitrogens with one attached hydrogen (secondary N) is 2. The number of aromatic nitrogens is 1. The van der Waals surface area contributed by atoms with E-state index < -0.39 is 0 Å². The van der Waals surface area contributed by atoms with Crippen LogP contribution in [-0.2, 0) is 0 Å². The Kier molecular flexibility index (Phi) is 3.09. The quantitative estimate of drug-likeness (QED) is 0.748. The van der Waals surface area contributed by atoms with E-state index in [2.05, 4.69) is 15.7 Å². The highest BCUT2D eigenvalue weighted by atomic mass is 32.1. The molecule has 1 unspecified atom stereocenters. The summed E-state index contributed by atoms with van der Waals surface area (Å²) < 4.78 is 0. The van der Waals surface area contributed by atoms with Gasteiger partial charge < -0.3 is 10.3 Å². The van der Waals surface area contributed by atoms with Crippen molar-refractivity contribution in [2.24, 2.45) is 0 Å². The molecule has 0 aliphatic rings. The van der Waals surface area contributed by atoms with E-state index in [1.54, 1.807) is 11.3 Å². The molecule has 1 aromatic carbocycles. The summed E-state index contributed by atoms with van der Waals surface area (Å²) in [5, 5.41) is 8.07. The topological polar surface area (TPSA) is 44.9 Å². The Labute approximate surface area is 115 Å². The van der Waals surface area contributed by atoms with Crippen molar-refractivity contribution >= 4 is 28.1 Å². The molecule has 2 aromatic heterocycles. The van der Waals surface area contributed by atoms with Crippen molar-refractivity contribution in [3.05, 3.63) is 58.4 Å². The number of thiophene rings is 1. The van der Waals surface area contributed by atoms with Crippen molar-refractivity contribution < 1.29 is 4.79 Å². The van der Waals surface area contributed by atoms with Gasteiger partial charge in [0.2, 0.25) is 0 Å². The number of hydrogen-bond donors (Lipinski definition) is 2. The Morgan fingerprint density at radius 3 is 3.00 bits per heavy atom. The minimum Gasteiger partial charge on any atom is -0.361 e. The summed E-state index contributed by atoms with van der Waals surface area (Å²) in [4.78, 5) is 15.5. The Bertz CT molecular complexity index is 700. The highest BCUT2D eigenvalue weighted by molar-refractivity contribution is 7.07. The number of carbonyl (C=O) groups is 1. The van der Waals surface area contributed by atoms with Crippen LogP contribution in [0.1, 0.15) is 28.9 Å². The third-order valence-electron chi connectivity index (χ3n) is 3.23. The van der Waals surface area contributed by atoms with Crippen LogP contribution in [0, 0.1) is 0 Å². The van der Waals surface area contributed by atoms with Gasteiger partial charge in [0.05, 0.1) is 6.04 Å². The fourth-order valence-corrected chi connectivity index (χ4v) is 2.92. The minimum absolute atomic E-state index is 0.0212. The van der Waals surface area contributed by atoms with Crippen LogP contribution in [0.25, 0.3) is 10.9 Å². The molecule has 4 heteroatoms.